The predicted octanol–water partition coefficient (Wildman–Crippen LogP) is 4.13. The minimum Gasteiger partial charge on any atom is -0.380 e. The molecule has 0 heterocycles. The Bertz CT molecular complexity index is 307. The van der Waals surface area contributed by atoms with Crippen LogP contribution in [0.25, 0.3) is 0 Å². The lowest BCUT2D eigenvalue weighted by Gasteiger charge is -2.26. The van der Waals surface area contributed by atoms with Gasteiger partial charge in [0.2, 0.25) is 0 Å². The molecule has 1 saturated carbocycles. The molecule has 16 heavy (non-hydrogen) atoms. The van der Waals surface area contributed by atoms with Crippen LogP contribution in [0.4, 0.5) is 0 Å². The standard InChI is InChI=1S/C15H22O/c1-12-3-7-14(8-4-12)15-9-5-13(6-10-15)11-16-2/h5-6,9-10,12,14H,3-4,7-8,11H2,1-2H3. The highest BCUT2D eigenvalue weighted by Gasteiger charge is 2.19. The lowest BCUT2D eigenvalue weighted by molar-refractivity contribution is 0.185. The maximum absolute atomic E-state index is 5.13. The van der Waals surface area contributed by atoms with Crippen LogP contribution in [0.15, 0.2) is 24.3 Å². The molecule has 0 radical (unpaired) electrons. The van der Waals surface area contributed by atoms with Crippen molar-refractivity contribution in [3.8, 4) is 0 Å². The van der Waals surface area contributed by atoms with Gasteiger partial charge in [0.1, 0.15) is 0 Å². The Kier molecular flexibility index (Phi) is 4.00. The summed E-state index contributed by atoms with van der Waals surface area (Å²) in [4.78, 5) is 0. The monoisotopic (exact) mass is 218 g/mol. The van der Waals surface area contributed by atoms with E-state index in [1.54, 1.807) is 7.11 Å². The van der Waals surface area contributed by atoms with Crippen LogP contribution < -0.4 is 0 Å². The van der Waals surface area contributed by atoms with Crippen LogP contribution in [0.5, 0.6) is 0 Å². The molecule has 0 aliphatic heterocycles. The van der Waals surface area contributed by atoms with E-state index in [0.717, 1.165) is 18.4 Å². The zero-order valence-electron chi connectivity index (χ0n) is 10.4. The van der Waals surface area contributed by atoms with Gasteiger partial charge in [0.25, 0.3) is 0 Å². The molecular formula is C15H22O. The molecule has 1 aliphatic rings. The third-order valence-electron chi connectivity index (χ3n) is 3.78. The highest BCUT2D eigenvalue weighted by molar-refractivity contribution is 5.25. The molecule has 0 spiro atoms. The highest BCUT2D eigenvalue weighted by atomic mass is 16.5. The molecule has 1 aromatic carbocycles. The quantitative estimate of drug-likeness (QED) is 0.741. The number of rotatable bonds is 3. The average Bonchev–Trinajstić information content (AvgIpc) is 2.32. The molecular weight excluding hydrogens is 196 g/mol. The lowest BCUT2D eigenvalue weighted by atomic mass is 9.79. The van der Waals surface area contributed by atoms with E-state index >= 15 is 0 Å². The molecule has 1 nitrogen and oxygen atoms in total. The molecule has 88 valence electrons. The van der Waals surface area contributed by atoms with E-state index < -0.39 is 0 Å². The van der Waals surface area contributed by atoms with E-state index in [4.69, 9.17) is 4.74 Å². The SMILES string of the molecule is COCc1ccc(C2CCC(C)CC2)cc1. The van der Waals surface area contributed by atoms with Crippen molar-refractivity contribution < 1.29 is 4.74 Å². The van der Waals surface area contributed by atoms with Crippen LogP contribution in [0.1, 0.15) is 49.7 Å². The van der Waals surface area contributed by atoms with E-state index in [-0.39, 0.29) is 0 Å². The number of hydrogen-bond donors (Lipinski definition) is 0. The first-order chi connectivity index (χ1) is 7.79. The van der Waals surface area contributed by atoms with Gasteiger partial charge in [0.15, 0.2) is 0 Å². The Morgan fingerprint density at radius 1 is 1.06 bits per heavy atom. The summed E-state index contributed by atoms with van der Waals surface area (Å²) in [7, 11) is 1.75. The zero-order chi connectivity index (χ0) is 11.4. The first-order valence-corrected chi connectivity index (χ1v) is 6.37. The van der Waals surface area contributed by atoms with Crippen molar-refractivity contribution in [3.05, 3.63) is 35.4 Å². The lowest BCUT2D eigenvalue weighted by Crippen LogP contribution is -2.10. The fraction of sp³-hybridized carbons (Fsp3) is 0.600. The van der Waals surface area contributed by atoms with Crippen LogP contribution in [0.2, 0.25) is 0 Å². The summed E-state index contributed by atoms with van der Waals surface area (Å²) < 4.78 is 5.13. The van der Waals surface area contributed by atoms with Gasteiger partial charge in [-0.3, -0.25) is 0 Å². The molecule has 1 aliphatic carbocycles. The largest absolute Gasteiger partial charge is 0.380 e. The summed E-state index contributed by atoms with van der Waals surface area (Å²) in [5.74, 6) is 1.73. The second-order valence-electron chi connectivity index (χ2n) is 5.13. The Morgan fingerprint density at radius 2 is 1.69 bits per heavy atom. The molecule has 0 aromatic heterocycles. The zero-order valence-corrected chi connectivity index (χ0v) is 10.4. The van der Waals surface area contributed by atoms with Crippen LogP contribution in [-0.2, 0) is 11.3 Å². The van der Waals surface area contributed by atoms with Gasteiger partial charge in [-0.25, -0.2) is 0 Å². The summed E-state index contributed by atoms with van der Waals surface area (Å²) in [6.45, 7) is 3.10. The molecule has 0 bridgehead atoms. The topological polar surface area (TPSA) is 9.23 Å². The van der Waals surface area contributed by atoms with Crippen LogP contribution in [0, 0.1) is 5.92 Å². The highest BCUT2D eigenvalue weighted by Crippen LogP contribution is 2.35. The molecule has 1 fully saturated rings. The average molecular weight is 218 g/mol. The molecule has 1 aromatic rings. The summed E-state index contributed by atoms with van der Waals surface area (Å²) in [5.41, 5.74) is 2.79. The molecule has 0 saturated heterocycles. The molecule has 0 N–H and O–H groups in total. The summed E-state index contributed by atoms with van der Waals surface area (Å²) in [6, 6.07) is 8.98. The first-order valence-electron chi connectivity index (χ1n) is 6.37. The predicted molar refractivity (Wildman–Crippen MR) is 67.5 cm³/mol. The molecule has 0 unspecified atom stereocenters. The summed E-state index contributed by atoms with van der Waals surface area (Å²) in [5, 5.41) is 0. The number of methoxy groups -OCH3 is 1. The van der Waals surface area contributed by atoms with Crippen molar-refractivity contribution in [1.82, 2.24) is 0 Å². The van der Waals surface area contributed by atoms with E-state index in [1.807, 2.05) is 0 Å². The van der Waals surface area contributed by atoms with Crippen molar-refractivity contribution in [2.45, 2.75) is 45.1 Å². The van der Waals surface area contributed by atoms with E-state index in [1.165, 1.54) is 36.8 Å². The van der Waals surface area contributed by atoms with Gasteiger partial charge >= 0.3 is 0 Å². The fourth-order valence-corrected chi connectivity index (χ4v) is 2.65. The van der Waals surface area contributed by atoms with Crippen LogP contribution in [0.3, 0.4) is 0 Å². The third-order valence-corrected chi connectivity index (χ3v) is 3.78. The maximum Gasteiger partial charge on any atom is 0.0713 e. The Morgan fingerprint density at radius 3 is 2.25 bits per heavy atom. The summed E-state index contributed by atoms with van der Waals surface area (Å²) >= 11 is 0. The third kappa shape index (κ3) is 2.85. The van der Waals surface area contributed by atoms with Crippen molar-refractivity contribution >= 4 is 0 Å². The fourth-order valence-electron chi connectivity index (χ4n) is 2.65. The van der Waals surface area contributed by atoms with Gasteiger partial charge in [-0.05, 0) is 35.8 Å². The van der Waals surface area contributed by atoms with Crippen molar-refractivity contribution in [2.24, 2.45) is 5.92 Å². The number of hydrogen-bond acceptors (Lipinski definition) is 1. The molecule has 0 atom stereocenters. The number of benzene rings is 1. The number of ether oxygens (including phenoxy) is 1. The van der Waals surface area contributed by atoms with Gasteiger partial charge in [-0.1, -0.05) is 44.0 Å². The van der Waals surface area contributed by atoms with E-state index in [9.17, 15) is 0 Å². The first kappa shape index (κ1) is 11.7. The van der Waals surface area contributed by atoms with Crippen LogP contribution >= 0.6 is 0 Å². The molecule has 1 heteroatoms. The van der Waals surface area contributed by atoms with Gasteiger partial charge in [0, 0.05) is 7.11 Å². The van der Waals surface area contributed by atoms with Gasteiger partial charge in [0.05, 0.1) is 6.61 Å². The van der Waals surface area contributed by atoms with Gasteiger partial charge in [-0.2, -0.15) is 0 Å². The Balaban J connectivity index is 1.98. The minimum atomic E-state index is 0.724. The Labute approximate surface area is 98.8 Å². The van der Waals surface area contributed by atoms with E-state index in [2.05, 4.69) is 31.2 Å². The van der Waals surface area contributed by atoms with Crippen molar-refractivity contribution in [1.29, 1.82) is 0 Å². The second-order valence-corrected chi connectivity index (χ2v) is 5.13. The van der Waals surface area contributed by atoms with Crippen LogP contribution in [-0.4, -0.2) is 7.11 Å². The van der Waals surface area contributed by atoms with Gasteiger partial charge in [-0.15, -0.1) is 0 Å². The summed E-state index contributed by atoms with van der Waals surface area (Å²) in [6.07, 6.45) is 5.52. The van der Waals surface area contributed by atoms with E-state index in [0.29, 0.717) is 0 Å². The Hall–Kier alpha value is -0.820. The van der Waals surface area contributed by atoms with Crippen molar-refractivity contribution in [2.75, 3.05) is 7.11 Å². The maximum atomic E-state index is 5.13. The normalized spacial score (nSPS) is 25.6. The smallest absolute Gasteiger partial charge is 0.0713 e. The molecule has 0 amide bonds. The van der Waals surface area contributed by atoms with Crippen molar-refractivity contribution in [3.63, 3.8) is 0 Å². The second kappa shape index (κ2) is 5.49. The van der Waals surface area contributed by atoms with Gasteiger partial charge < -0.3 is 4.74 Å². The molecule has 2 rings (SSSR count). The minimum absolute atomic E-state index is 0.724.